The lowest BCUT2D eigenvalue weighted by Gasteiger charge is -2.27. The second kappa shape index (κ2) is 9.80. The van der Waals surface area contributed by atoms with Gasteiger partial charge in [-0.25, -0.2) is 0 Å². The monoisotopic (exact) mass is 436 g/mol. The lowest BCUT2D eigenvalue weighted by atomic mass is 9.82. The summed E-state index contributed by atoms with van der Waals surface area (Å²) in [7, 11) is 1.55. The fourth-order valence-corrected chi connectivity index (χ4v) is 3.80. The Hall–Kier alpha value is -3.42. The molecule has 7 heteroatoms. The molecule has 0 aliphatic carbocycles. The van der Waals surface area contributed by atoms with Crippen LogP contribution in [0.3, 0.4) is 0 Å². The number of aliphatic hydroxyl groups excluding tert-OH is 1. The highest BCUT2D eigenvalue weighted by Crippen LogP contribution is 2.46. The number of nitrogens with one attached hydrogen (secondary N) is 1. The molecule has 0 fully saturated rings. The summed E-state index contributed by atoms with van der Waals surface area (Å²) in [5, 5.41) is 23.4. The molecule has 0 saturated carbocycles. The van der Waals surface area contributed by atoms with Crippen molar-refractivity contribution in [3.8, 4) is 5.75 Å². The number of amides is 2. The quantitative estimate of drug-likeness (QED) is 0.524. The maximum Gasteiger partial charge on any atom is 0.264 e. The van der Waals surface area contributed by atoms with Crippen molar-refractivity contribution < 1.29 is 24.5 Å². The molecular weight excluding hydrogens is 408 g/mol. The van der Waals surface area contributed by atoms with Crippen molar-refractivity contribution in [3.63, 3.8) is 0 Å². The van der Waals surface area contributed by atoms with E-state index in [0.717, 1.165) is 0 Å². The minimum atomic E-state index is -1.80. The van der Waals surface area contributed by atoms with Gasteiger partial charge in [0.25, 0.3) is 11.8 Å². The van der Waals surface area contributed by atoms with Crippen molar-refractivity contribution in [1.82, 2.24) is 0 Å². The van der Waals surface area contributed by atoms with E-state index in [0.29, 0.717) is 34.7 Å². The van der Waals surface area contributed by atoms with Crippen LogP contribution in [0, 0.1) is 5.92 Å². The lowest BCUT2D eigenvalue weighted by molar-refractivity contribution is -0.139. The number of methoxy groups -OCH3 is 1. The largest absolute Gasteiger partial charge is 0.497 e. The molecule has 32 heavy (non-hydrogen) atoms. The van der Waals surface area contributed by atoms with Crippen LogP contribution in [0.15, 0.2) is 67.3 Å². The lowest BCUT2D eigenvalue weighted by Crippen LogP contribution is -2.44. The van der Waals surface area contributed by atoms with Gasteiger partial charge in [-0.2, -0.15) is 0 Å². The van der Waals surface area contributed by atoms with Crippen molar-refractivity contribution in [2.75, 3.05) is 30.5 Å². The van der Waals surface area contributed by atoms with Gasteiger partial charge in [-0.3, -0.25) is 9.59 Å². The van der Waals surface area contributed by atoms with E-state index in [1.165, 1.54) is 4.90 Å². The molecule has 3 rings (SSSR count). The number of carbonyl (C=O) groups excluding carboxylic acids is 2. The maximum absolute atomic E-state index is 13.2. The third-order valence-corrected chi connectivity index (χ3v) is 5.57. The molecule has 0 unspecified atom stereocenters. The zero-order chi connectivity index (χ0) is 23.3. The predicted octanol–water partition coefficient (Wildman–Crippen LogP) is 3.24. The SMILES string of the molecule is C=CCN1C(=O)[C@](O)([C@H](C)/C=C/CCO)c2cc(NC(=O)c3ccc(OC)cc3)ccc21. The Morgan fingerprint density at radius 1 is 1.28 bits per heavy atom. The van der Waals surface area contributed by atoms with E-state index >= 15 is 0 Å². The molecule has 168 valence electrons. The van der Waals surface area contributed by atoms with Gasteiger partial charge in [-0.05, 0) is 48.9 Å². The van der Waals surface area contributed by atoms with Crippen LogP contribution in [0.5, 0.6) is 5.75 Å². The first-order valence-electron chi connectivity index (χ1n) is 10.4. The molecule has 2 amide bonds. The van der Waals surface area contributed by atoms with Gasteiger partial charge in [0.1, 0.15) is 5.75 Å². The van der Waals surface area contributed by atoms with Crippen LogP contribution in [0.4, 0.5) is 11.4 Å². The highest BCUT2D eigenvalue weighted by Gasteiger charge is 2.52. The number of aliphatic hydroxyl groups is 2. The topological polar surface area (TPSA) is 99.1 Å². The maximum atomic E-state index is 13.2. The number of nitrogens with zero attached hydrogens (tertiary/aromatic N) is 1. The van der Waals surface area contributed by atoms with Crippen LogP contribution in [-0.4, -0.2) is 42.3 Å². The number of ether oxygens (including phenoxy) is 1. The highest BCUT2D eigenvalue weighted by molar-refractivity contribution is 6.09. The molecule has 2 aromatic carbocycles. The van der Waals surface area contributed by atoms with Crippen molar-refractivity contribution in [3.05, 3.63) is 78.4 Å². The number of hydrogen-bond acceptors (Lipinski definition) is 5. The number of rotatable bonds is 9. The van der Waals surface area contributed by atoms with Crippen LogP contribution < -0.4 is 15.0 Å². The second-order valence-corrected chi connectivity index (χ2v) is 7.61. The van der Waals surface area contributed by atoms with Crippen molar-refractivity contribution >= 4 is 23.2 Å². The Balaban J connectivity index is 1.95. The normalized spacial score (nSPS) is 18.5. The highest BCUT2D eigenvalue weighted by atomic mass is 16.5. The summed E-state index contributed by atoms with van der Waals surface area (Å²) in [6.07, 6.45) is 5.48. The second-order valence-electron chi connectivity index (χ2n) is 7.61. The molecule has 1 aliphatic heterocycles. The molecule has 2 atom stereocenters. The van der Waals surface area contributed by atoms with Gasteiger partial charge < -0.3 is 25.2 Å². The van der Waals surface area contributed by atoms with Gasteiger partial charge in [-0.1, -0.05) is 25.2 Å². The Morgan fingerprint density at radius 2 is 2.00 bits per heavy atom. The van der Waals surface area contributed by atoms with E-state index in [4.69, 9.17) is 9.84 Å². The predicted molar refractivity (Wildman–Crippen MR) is 124 cm³/mol. The zero-order valence-corrected chi connectivity index (χ0v) is 18.2. The molecule has 7 nitrogen and oxygen atoms in total. The number of hydrogen-bond donors (Lipinski definition) is 3. The Bertz CT molecular complexity index is 1030. The van der Waals surface area contributed by atoms with Crippen LogP contribution in [0.25, 0.3) is 0 Å². The summed E-state index contributed by atoms with van der Waals surface area (Å²) in [6, 6.07) is 11.7. The average Bonchev–Trinajstić information content (AvgIpc) is 3.02. The molecule has 1 aliphatic rings. The Kier molecular flexibility index (Phi) is 7.12. The molecule has 1 heterocycles. The first-order chi connectivity index (χ1) is 15.4. The molecule has 2 aromatic rings. The summed E-state index contributed by atoms with van der Waals surface area (Å²) in [5.41, 5.74) is 0.0970. The summed E-state index contributed by atoms with van der Waals surface area (Å²) in [4.78, 5) is 27.4. The first kappa shape index (κ1) is 23.2. The Morgan fingerprint density at radius 3 is 2.62 bits per heavy atom. The van der Waals surface area contributed by atoms with Gasteiger partial charge in [-0.15, -0.1) is 6.58 Å². The van der Waals surface area contributed by atoms with Gasteiger partial charge in [0.05, 0.1) is 12.8 Å². The van der Waals surface area contributed by atoms with Crippen LogP contribution in [0.1, 0.15) is 29.3 Å². The number of anilines is 2. The summed E-state index contributed by atoms with van der Waals surface area (Å²) < 4.78 is 5.12. The van der Waals surface area contributed by atoms with E-state index < -0.39 is 17.4 Å². The van der Waals surface area contributed by atoms with Gasteiger partial charge in [0.2, 0.25) is 0 Å². The standard InChI is InChI=1S/C25H28N2O5/c1-4-14-27-22-13-10-19(26-23(29)18-8-11-20(32-3)12-9-18)16-21(22)25(31,24(27)30)17(2)7-5-6-15-28/h4-5,7-13,16-17,28,31H,1,6,14-15H2,2-3H3,(H,26,29)/b7-5+/t17-,25+/m1/s1. The average molecular weight is 437 g/mol. The van der Waals surface area contributed by atoms with Gasteiger partial charge in [0.15, 0.2) is 5.60 Å². The van der Waals surface area contributed by atoms with E-state index in [2.05, 4.69) is 11.9 Å². The fraction of sp³-hybridized carbons (Fsp3) is 0.280. The van der Waals surface area contributed by atoms with Crippen LogP contribution in [-0.2, 0) is 10.4 Å². The number of carbonyl (C=O) groups is 2. The number of benzene rings is 2. The van der Waals surface area contributed by atoms with Gasteiger partial charge >= 0.3 is 0 Å². The molecule has 0 spiro atoms. The fourth-order valence-electron chi connectivity index (χ4n) is 3.80. The molecule has 0 radical (unpaired) electrons. The Labute approximate surface area is 187 Å². The zero-order valence-electron chi connectivity index (χ0n) is 18.2. The first-order valence-corrected chi connectivity index (χ1v) is 10.4. The minimum absolute atomic E-state index is 0.0175. The third kappa shape index (κ3) is 4.30. The molecular formula is C25H28N2O5. The van der Waals surface area contributed by atoms with Crippen molar-refractivity contribution in [2.24, 2.45) is 5.92 Å². The summed E-state index contributed by atoms with van der Waals surface area (Å²) >= 11 is 0. The van der Waals surface area contributed by atoms with E-state index in [1.54, 1.807) is 74.7 Å². The molecule has 0 saturated heterocycles. The van der Waals surface area contributed by atoms with E-state index in [1.807, 2.05) is 0 Å². The van der Waals surface area contributed by atoms with E-state index in [-0.39, 0.29) is 19.1 Å². The smallest absolute Gasteiger partial charge is 0.264 e. The third-order valence-electron chi connectivity index (χ3n) is 5.57. The minimum Gasteiger partial charge on any atom is -0.497 e. The number of fused-ring (bicyclic) bond motifs is 1. The summed E-state index contributed by atoms with van der Waals surface area (Å²) in [6.45, 7) is 5.68. The van der Waals surface area contributed by atoms with Crippen molar-refractivity contribution in [2.45, 2.75) is 18.9 Å². The van der Waals surface area contributed by atoms with Gasteiger partial charge in [0, 0.05) is 35.9 Å². The van der Waals surface area contributed by atoms with Crippen molar-refractivity contribution in [1.29, 1.82) is 0 Å². The van der Waals surface area contributed by atoms with Crippen LogP contribution >= 0.6 is 0 Å². The summed E-state index contributed by atoms with van der Waals surface area (Å²) in [5.74, 6) is -0.678. The molecule has 0 aromatic heterocycles. The molecule has 0 bridgehead atoms. The van der Waals surface area contributed by atoms with E-state index in [9.17, 15) is 14.7 Å². The van der Waals surface area contributed by atoms with Crippen LogP contribution in [0.2, 0.25) is 0 Å². The molecule has 3 N–H and O–H groups in total.